The number of likely N-dealkylation sites (tertiary alicyclic amines) is 1. The quantitative estimate of drug-likeness (QED) is 0.681. The summed E-state index contributed by atoms with van der Waals surface area (Å²) in [6.45, 7) is 4.40. The van der Waals surface area contributed by atoms with Crippen LogP contribution in [0.5, 0.6) is 0 Å². The van der Waals surface area contributed by atoms with E-state index in [0.29, 0.717) is 12.1 Å². The summed E-state index contributed by atoms with van der Waals surface area (Å²) >= 11 is 0. The summed E-state index contributed by atoms with van der Waals surface area (Å²) in [5, 5.41) is 9.28. The van der Waals surface area contributed by atoms with Gasteiger partial charge in [-0.1, -0.05) is 54.6 Å². The van der Waals surface area contributed by atoms with Gasteiger partial charge in [-0.15, -0.1) is 0 Å². The first kappa shape index (κ1) is 21.7. The lowest BCUT2D eigenvalue weighted by Gasteiger charge is -2.31. The Labute approximate surface area is 177 Å². The van der Waals surface area contributed by atoms with Crippen molar-refractivity contribution in [1.82, 2.24) is 9.80 Å². The molecule has 1 saturated heterocycles. The van der Waals surface area contributed by atoms with Crippen molar-refractivity contribution in [2.24, 2.45) is 0 Å². The van der Waals surface area contributed by atoms with Gasteiger partial charge in [0.25, 0.3) is 0 Å². The summed E-state index contributed by atoms with van der Waals surface area (Å²) in [7, 11) is 0. The minimum Gasteiger partial charge on any atom is -0.395 e. The van der Waals surface area contributed by atoms with E-state index >= 15 is 0 Å². The molecule has 1 aliphatic heterocycles. The van der Waals surface area contributed by atoms with Gasteiger partial charge in [-0.25, -0.2) is 0 Å². The molecular formula is C24H28N2O4. The van der Waals surface area contributed by atoms with E-state index in [1.165, 1.54) is 9.80 Å². The summed E-state index contributed by atoms with van der Waals surface area (Å²) in [6, 6.07) is 16.8. The summed E-state index contributed by atoms with van der Waals surface area (Å²) in [6.07, 6.45) is -0.131. The molecule has 2 aromatic rings. The largest absolute Gasteiger partial charge is 0.395 e. The highest BCUT2D eigenvalue weighted by atomic mass is 16.3. The maximum Gasteiger partial charge on any atom is 0.241 e. The number of carbonyl (C=O) groups excluding carboxylic acids is 3. The molecule has 0 aliphatic carbocycles. The number of aryl methyl sites for hydroxylation is 1. The van der Waals surface area contributed by atoms with Crippen LogP contribution >= 0.6 is 0 Å². The number of imide groups is 1. The van der Waals surface area contributed by atoms with Gasteiger partial charge in [0, 0.05) is 25.9 Å². The van der Waals surface area contributed by atoms with Crippen LogP contribution in [0, 0.1) is 6.92 Å². The molecule has 1 aliphatic rings. The Balaban J connectivity index is 2.00. The molecule has 0 saturated carbocycles. The average molecular weight is 408 g/mol. The van der Waals surface area contributed by atoms with Crippen molar-refractivity contribution in [3.8, 4) is 0 Å². The molecule has 6 nitrogen and oxygen atoms in total. The van der Waals surface area contributed by atoms with Gasteiger partial charge in [-0.3, -0.25) is 19.3 Å². The van der Waals surface area contributed by atoms with Crippen LogP contribution in [0.2, 0.25) is 0 Å². The molecule has 30 heavy (non-hydrogen) atoms. The lowest BCUT2D eigenvalue weighted by molar-refractivity contribution is -0.143. The smallest absolute Gasteiger partial charge is 0.241 e. The molecular weight excluding hydrogens is 380 g/mol. The van der Waals surface area contributed by atoms with Crippen LogP contribution in [0.4, 0.5) is 0 Å². The van der Waals surface area contributed by atoms with E-state index in [0.717, 1.165) is 11.1 Å². The number of aliphatic hydroxyl groups excluding tert-OH is 1. The van der Waals surface area contributed by atoms with E-state index in [2.05, 4.69) is 0 Å². The standard InChI is InChI=1S/C24H28N2O4/c1-3-25(13-14-27)21(28)15-24(20-12-8-7-9-18(20)2)16-22(29)26(23(24)30)17-19-10-5-4-6-11-19/h4-12,27H,3,13-17H2,1-2H3. The van der Waals surface area contributed by atoms with Gasteiger partial charge in [0.2, 0.25) is 17.7 Å². The van der Waals surface area contributed by atoms with Crippen molar-refractivity contribution in [2.45, 2.75) is 38.6 Å². The van der Waals surface area contributed by atoms with E-state index in [4.69, 9.17) is 0 Å². The van der Waals surface area contributed by atoms with Crippen molar-refractivity contribution < 1.29 is 19.5 Å². The van der Waals surface area contributed by atoms with Crippen LogP contribution in [-0.4, -0.2) is 52.3 Å². The average Bonchev–Trinajstić information content (AvgIpc) is 2.97. The number of aliphatic hydroxyl groups is 1. The number of rotatable bonds is 8. The molecule has 1 fully saturated rings. The molecule has 1 N–H and O–H groups in total. The molecule has 3 amide bonds. The Hall–Kier alpha value is -2.99. The molecule has 1 unspecified atom stereocenters. The van der Waals surface area contributed by atoms with Gasteiger partial charge < -0.3 is 10.0 Å². The third kappa shape index (κ3) is 4.14. The molecule has 0 spiro atoms. The molecule has 3 rings (SSSR count). The summed E-state index contributed by atoms with van der Waals surface area (Å²) in [5.74, 6) is -0.846. The van der Waals surface area contributed by atoms with Crippen LogP contribution in [0.25, 0.3) is 0 Å². The Morgan fingerprint density at radius 2 is 1.77 bits per heavy atom. The number of nitrogens with zero attached hydrogens (tertiary/aromatic N) is 2. The highest BCUT2D eigenvalue weighted by Gasteiger charge is 2.54. The molecule has 0 aromatic heterocycles. The second-order valence-electron chi connectivity index (χ2n) is 7.72. The zero-order chi connectivity index (χ0) is 21.7. The van der Waals surface area contributed by atoms with Gasteiger partial charge in [-0.2, -0.15) is 0 Å². The SMILES string of the molecule is CCN(CCO)C(=O)CC1(c2ccccc2C)CC(=O)N(Cc2ccccc2)C1=O. The second kappa shape index (κ2) is 9.22. The maximum absolute atomic E-state index is 13.7. The number of benzene rings is 2. The summed E-state index contributed by atoms with van der Waals surface area (Å²) < 4.78 is 0. The molecule has 0 bridgehead atoms. The first-order valence-electron chi connectivity index (χ1n) is 10.3. The molecule has 158 valence electrons. The van der Waals surface area contributed by atoms with Crippen molar-refractivity contribution in [3.63, 3.8) is 0 Å². The van der Waals surface area contributed by atoms with E-state index in [9.17, 15) is 19.5 Å². The lowest BCUT2D eigenvalue weighted by atomic mass is 9.74. The fraction of sp³-hybridized carbons (Fsp3) is 0.375. The predicted molar refractivity (Wildman–Crippen MR) is 113 cm³/mol. The first-order chi connectivity index (χ1) is 14.4. The van der Waals surface area contributed by atoms with Crippen LogP contribution < -0.4 is 0 Å². The van der Waals surface area contributed by atoms with Gasteiger partial charge in [0.15, 0.2) is 0 Å². The Bertz CT molecular complexity index is 928. The van der Waals surface area contributed by atoms with Crippen molar-refractivity contribution in [2.75, 3.05) is 19.7 Å². The number of carbonyl (C=O) groups is 3. The van der Waals surface area contributed by atoms with Crippen molar-refractivity contribution in [3.05, 3.63) is 71.3 Å². The topological polar surface area (TPSA) is 77.9 Å². The van der Waals surface area contributed by atoms with Crippen molar-refractivity contribution in [1.29, 1.82) is 0 Å². The zero-order valence-corrected chi connectivity index (χ0v) is 17.5. The fourth-order valence-electron chi connectivity index (χ4n) is 4.23. The van der Waals surface area contributed by atoms with E-state index in [1.54, 1.807) is 0 Å². The van der Waals surface area contributed by atoms with Gasteiger partial charge in [0.1, 0.15) is 0 Å². The van der Waals surface area contributed by atoms with Crippen molar-refractivity contribution >= 4 is 17.7 Å². The minimum absolute atomic E-state index is 0.0358. The van der Waals surface area contributed by atoms with Gasteiger partial charge in [-0.05, 0) is 30.5 Å². The van der Waals surface area contributed by atoms with E-state index < -0.39 is 5.41 Å². The van der Waals surface area contributed by atoms with E-state index in [1.807, 2.05) is 68.4 Å². The molecule has 0 radical (unpaired) electrons. The highest BCUT2D eigenvalue weighted by Crippen LogP contribution is 2.42. The zero-order valence-electron chi connectivity index (χ0n) is 17.5. The lowest BCUT2D eigenvalue weighted by Crippen LogP contribution is -2.44. The summed E-state index contributed by atoms with van der Waals surface area (Å²) in [5.41, 5.74) is 1.23. The Morgan fingerprint density at radius 3 is 2.40 bits per heavy atom. The molecule has 6 heteroatoms. The fourth-order valence-corrected chi connectivity index (χ4v) is 4.23. The molecule has 1 atom stereocenters. The van der Waals surface area contributed by atoms with Crippen LogP contribution in [0.15, 0.2) is 54.6 Å². The van der Waals surface area contributed by atoms with Crippen LogP contribution in [0.3, 0.4) is 0 Å². The molecule has 2 aromatic carbocycles. The summed E-state index contributed by atoms with van der Waals surface area (Å²) in [4.78, 5) is 42.5. The van der Waals surface area contributed by atoms with E-state index in [-0.39, 0.29) is 50.3 Å². The number of hydrogen-bond donors (Lipinski definition) is 1. The normalized spacial score (nSPS) is 18.7. The Kier molecular flexibility index (Phi) is 6.67. The number of amides is 3. The third-order valence-electron chi connectivity index (χ3n) is 5.81. The van der Waals surface area contributed by atoms with Crippen LogP contribution in [0.1, 0.15) is 36.5 Å². The highest BCUT2D eigenvalue weighted by molar-refractivity contribution is 6.10. The monoisotopic (exact) mass is 408 g/mol. The third-order valence-corrected chi connectivity index (χ3v) is 5.81. The van der Waals surface area contributed by atoms with Gasteiger partial charge in [0.05, 0.1) is 18.6 Å². The second-order valence-corrected chi connectivity index (χ2v) is 7.72. The predicted octanol–water partition coefficient (Wildman–Crippen LogP) is 2.42. The number of likely N-dealkylation sites (N-methyl/N-ethyl adjacent to an activating group) is 1. The maximum atomic E-state index is 13.7. The van der Waals surface area contributed by atoms with Crippen LogP contribution in [-0.2, 0) is 26.3 Å². The minimum atomic E-state index is -1.23. The molecule has 1 heterocycles. The van der Waals surface area contributed by atoms with Gasteiger partial charge >= 0.3 is 0 Å². The number of hydrogen-bond acceptors (Lipinski definition) is 4. The first-order valence-corrected chi connectivity index (χ1v) is 10.3. The Morgan fingerprint density at radius 1 is 1.10 bits per heavy atom.